The van der Waals surface area contributed by atoms with Crippen molar-refractivity contribution in [2.45, 2.75) is 44.9 Å². The molecule has 1 rings (SSSR count). The molecule has 0 heterocycles. The van der Waals surface area contributed by atoms with Crippen molar-refractivity contribution in [3.05, 3.63) is 35.4 Å². The monoisotopic (exact) mass is 246 g/mol. The maximum Gasteiger partial charge on any atom is 0.416 e. The summed E-state index contributed by atoms with van der Waals surface area (Å²) in [5.74, 6) is 0.0253. The second-order valence-electron chi connectivity index (χ2n) is 5.04. The van der Waals surface area contributed by atoms with Crippen LogP contribution in [-0.2, 0) is 6.18 Å². The van der Waals surface area contributed by atoms with Crippen LogP contribution in [0.1, 0.15) is 44.2 Å². The summed E-state index contributed by atoms with van der Waals surface area (Å²) in [4.78, 5) is 0. The molecule has 17 heavy (non-hydrogen) atoms. The highest BCUT2D eigenvalue weighted by atomic mass is 19.4. The molecule has 0 radical (unpaired) electrons. The van der Waals surface area contributed by atoms with Gasteiger partial charge in [0.15, 0.2) is 0 Å². The van der Waals surface area contributed by atoms with Crippen LogP contribution >= 0.6 is 0 Å². The molecule has 0 aliphatic rings. The molecule has 0 aromatic heterocycles. The Morgan fingerprint density at radius 3 is 1.94 bits per heavy atom. The average Bonchev–Trinajstić information content (AvgIpc) is 2.14. The van der Waals surface area contributed by atoms with Gasteiger partial charge in [0.25, 0.3) is 0 Å². The van der Waals surface area contributed by atoms with Crippen LogP contribution in [0.25, 0.3) is 0 Å². The van der Waals surface area contributed by atoms with Gasteiger partial charge in [-0.05, 0) is 43.9 Å². The maximum absolute atomic E-state index is 12.4. The summed E-state index contributed by atoms with van der Waals surface area (Å²) in [6.07, 6.45) is -3.78. The molecule has 0 saturated heterocycles. The largest absolute Gasteiger partial charge is 0.416 e. The van der Waals surface area contributed by atoms with Gasteiger partial charge in [0.1, 0.15) is 0 Å². The number of hydrogen-bond acceptors (Lipinski definition) is 1. The Morgan fingerprint density at radius 2 is 1.59 bits per heavy atom. The molecule has 1 N–H and O–H groups in total. The van der Waals surface area contributed by atoms with Gasteiger partial charge in [0.2, 0.25) is 0 Å². The predicted octanol–water partition coefficient (Wildman–Crippen LogP) is 3.97. The Hall–Kier alpha value is -1.03. The van der Waals surface area contributed by atoms with E-state index in [-0.39, 0.29) is 5.92 Å². The van der Waals surface area contributed by atoms with Gasteiger partial charge in [0, 0.05) is 0 Å². The Labute approximate surface area is 99.3 Å². The zero-order chi connectivity index (χ0) is 13.3. The van der Waals surface area contributed by atoms with Crippen LogP contribution in [0, 0.1) is 0 Å². The van der Waals surface area contributed by atoms with E-state index in [1.165, 1.54) is 12.1 Å². The van der Waals surface area contributed by atoms with Crippen molar-refractivity contribution in [2.24, 2.45) is 0 Å². The normalized spacial score (nSPS) is 14.8. The van der Waals surface area contributed by atoms with E-state index in [0.717, 1.165) is 17.7 Å². The lowest BCUT2D eigenvalue weighted by Crippen LogP contribution is -2.21. The van der Waals surface area contributed by atoms with E-state index in [1.807, 2.05) is 6.92 Å². The first-order chi connectivity index (χ1) is 7.59. The summed E-state index contributed by atoms with van der Waals surface area (Å²) >= 11 is 0. The molecule has 0 saturated carbocycles. The molecular formula is C13H17F3O. The summed E-state index contributed by atoms with van der Waals surface area (Å²) in [7, 11) is 0. The Bertz CT molecular complexity index is 360. The van der Waals surface area contributed by atoms with Crippen molar-refractivity contribution < 1.29 is 18.3 Å². The molecule has 1 aromatic carbocycles. The lowest BCUT2D eigenvalue weighted by Gasteiger charge is -2.22. The minimum atomic E-state index is -4.29. The molecule has 0 bridgehead atoms. The summed E-state index contributed by atoms with van der Waals surface area (Å²) in [5, 5.41) is 9.65. The summed E-state index contributed by atoms with van der Waals surface area (Å²) in [6.45, 7) is 5.27. The third-order valence-corrected chi connectivity index (χ3v) is 2.61. The van der Waals surface area contributed by atoms with Crippen molar-refractivity contribution in [1.82, 2.24) is 0 Å². The van der Waals surface area contributed by atoms with Gasteiger partial charge < -0.3 is 5.11 Å². The molecule has 0 aliphatic heterocycles. The predicted molar refractivity (Wildman–Crippen MR) is 60.8 cm³/mol. The molecule has 0 fully saturated rings. The van der Waals surface area contributed by atoms with Gasteiger partial charge >= 0.3 is 6.18 Å². The molecule has 1 atom stereocenters. The Morgan fingerprint density at radius 1 is 1.12 bits per heavy atom. The SMILES string of the molecule is CC(CC(C)(C)O)c1ccc(C(F)(F)F)cc1. The lowest BCUT2D eigenvalue weighted by atomic mass is 9.89. The number of hydrogen-bond donors (Lipinski definition) is 1. The smallest absolute Gasteiger partial charge is 0.390 e. The first-order valence-electron chi connectivity index (χ1n) is 5.49. The van der Waals surface area contributed by atoms with Crippen LogP contribution in [-0.4, -0.2) is 10.7 Å². The number of aliphatic hydroxyl groups is 1. The molecule has 1 unspecified atom stereocenters. The molecule has 1 aromatic rings. The van der Waals surface area contributed by atoms with Crippen molar-refractivity contribution in [2.75, 3.05) is 0 Å². The van der Waals surface area contributed by atoms with Crippen LogP contribution < -0.4 is 0 Å². The molecule has 0 amide bonds. The first kappa shape index (κ1) is 14.0. The van der Waals surface area contributed by atoms with E-state index >= 15 is 0 Å². The lowest BCUT2D eigenvalue weighted by molar-refractivity contribution is -0.137. The van der Waals surface area contributed by atoms with Crippen LogP contribution in [0.2, 0.25) is 0 Å². The quantitative estimate of drug-likeness (QED) is 0.855. The standard InChI is InChI=1S/C13H17F3O/c1-9(8-12(2,3)17)10-4-6-11(7-5-10)13(14,15)16/h4-7,9,17H,8H2,1-3H3. The first-order valence-corrected chi connectivity index (χ1v) is 5.49. The van der Waals surface area contributed by atoms with Gasteiger partial charge in [-0.2, -0.15) is 13.2 Å². The zero-order valence-electron chi connectivity index (χ0n) is 10.2. The maximum atomic E-state index is 12.4. The van der Waals surface area contributed by atoms with E-state index in [2.05, 4.69) is 0 Å². The number of halogens is 3. The highest BCUT2D eigenvalue weighted by Gasteiger charge is 2.30. The van der Waals surface area contributed by atoms with E-state index in [0.29, 0.717) is 6.42 Å². The van der Waals surface area contributed by atoms with E-state index in [9.17, 15) is 18.3 Å². The second-order valence-corrected chi connectivity index (χ2v) is 5.04. The van der Waals surface area contributed by atoms with Crippen LogP contribution in [0.5, 0.6) is 0 Å². The molecular weight excluding hydrogens is 229 g/mol. The fraction of sp³-hybridized carbons (Fsp3) is 0.538. The number of alkyl halides is 3. The van der Waals surface area contributed by atoms with Crippen LogP contribution in [0.4, 0.5) is 13.2 Å². The van der Waals surface area contributed by atoms with Crippen molar-refractivity contribution in [1.29, 1.82) is 0 Å². The van der Waals surface area contributed by atoms with Gasteiger partial charge in [-0.15, -0.1) is 0 Å². The summed E-state index contributed by atoms with van der Waals surface area (Å²) in [5.41, 5.74) is -0.654. The van der Waals surface area contributed by atoms with Crippen LogP contribution in [0.15, 0.2) is 24.3 Å². The van der Waals surface area contributed by atoms with Crippen molar-refractivity contribution in [3.8, 4) is 0 Å². The topological polar surface area (TPSA) is 20.2 Å². The van der Waals surface area contributed by atoms with Gasteiger partial charge in [-0.3, -0.25) is 0 Å². The Balaban J connectivity index is 2.81. The van der Waals surface area contributed by atoms with Crippen molar-refractivity contribution in [3.63, 3.8) is 0 Å². The van der Waals surface area contributed by atoms with Gasteiger partial charge in [-0.25, -0.2) is 0 Å². The molecule has 4 heteroatoms. The van der Waals surface area contributed by atoms with E-state index < -0.39 is 17.3 Å². The number of benzene rings is 1. The highest BCUT2D eigenvalue weighted by Crippen LogP contribution is 2.31. The second kappa shape index (κ2) is 4.69. The minimum absolute atomic E-state index is 0.0253. The molecule has 96 valence electrons. The highest BCUT2D eigenvalue weighted by molar-refractivity contribution is 5.27. The Kier molecular flexibility index (Phi) is 3.87. The van der Waals surface area contributed by atoms with Crippen LogP contribution in [0.3, 0.4) is 0 Å². The number of rotatable bonds is 3. The third kappa shape index (κ3) is 4.38. The zero-order valence-corrected chi connectivity index (χ0v) is 10.2. The minimum Gasteiger partial charge on any atom is -0.390 e. The molecule has 0 aliphatic carbocycles. The van der Waals surface area contributed by atoms with Gasteiger partial charge in [0.05, 0.1) is 11.2 Å². The molecule has 1 nitrogen and oxygen atoms in total. The fourth-order valence-electron chi connectivity index (χ4n) is 1.87. The third-order valence-electron chi connectivity index (χ3n) is 2.61. The average molecular weight is 246 g/mol. The fourth-order valence-corrected chi connectivity index (χ4v) is 1.87. The molecule has 0 spiro atoms. The summed E-state index contributed by atoms with van der Waals surface area (Å²) < 4.78 is 37.1. The van der Waals surface area contributed by atoms with E-state index in [4.69, 9.17) is 0 Å². The summed E-state index contributed by atoms with van der Waals surface area (Å²) in [6, 6.07) is 5.10. The van der Waals surface area contributed by atoms with Gasteiger partial charge in [-0.1, -0.05) is 19.1 Å². The van der Waals surface area contributed by atoms with Crippen molar-refractivity contribution >= 4 is 0 Å². The van der Waals surface area contributed by atoms with E-state index in [1.54, 1.807) is 13.8 Å².